The van der Waals surface area contributed by atoms with Crippen molar-refractivity contribution in [2.75, 3.05) is 13.7 Å². The minimum Gasteiger partial charge on any atom is -0.469 e. The zero-order chi connectivity index (χ0) is 15.1. The molecule has 4 nitrogen and oxygen atoms in total. The highest BCUT2D eigenvalue weighted by molar-refractivity contribution is 6.03. The number of hydrogen-bond donors (Lipinski definition) is 1. The van der Waals surface area contributed by atoms with Crippen LogP contribution in [-0.2, 0) is 9.53 Å². The van der Waals surface area contributed by atoms with Crippen molar-refractivity contribution in [3.63, 3.8) is 0 Å². The minimum atomic E-state index is -0.596. The summed E-state index contributed by atoms with van der Waals surface area (Å²) < 4.78 is 4.64. The minimum absolute atomic E-state index is 0.0104. The van der Waals surface area contributed by atoms with Crippen LogP contribution in [0.2, 0.25) is 0 Å². The molecule has 0 aliphatic carbocycles. The molecule has 0 bridgehead atoms. The molecule has 0 heterocycles. The highest BCUT2D eigenvalue weighted by Crippen LogP contribution is 2.14. The Balaban J connectivity index is 2.96. The number of rotatable bonds is 7. The van der Waals surface area contributed by atoms with Gasteiger partial charge in [0.25, 0.3) is 0 Å². The lowest BCUT2D eigenvalue weighted by atomic mass is 9.96. The van der Waals surface area contributed by atoms with Crippen molar-refractivity contribution in [3.8, 4) is 0 Å². The fraction of sp³-hybridized carbons (Fsp3) is 0.375. The predicted octanol–water partition coefficient (Wildman–Crippen LogP) is 2.19. The van der Waals surface area contributed by atoms with Gasteiger partial charge in [0, 0.05) is 12.1 Å². The van der Waals surface area contributed by atoms with Crippen molar-refractivity contribution in [3.05, 3.63) is 47.5 Å². The Morgan fingerprint density at radius 3 is 2.65 bits per heavy atom. The number of Topliss-reactive ketones (excluding diaryl/α,β-unsaturated/α-hetero) is 1. The van der Waals surface area contributed by atoms with Crippen molar-refractivity contribution in [1.29, 1.82) is 0 Å². The van der Waals surface area contributed by atoms with Crippen LogP contribution in [0.15, 0.2) is 30.9 Å². The van der Waals surface area contributed by atoms with Crippen LogP contribution in [0.25, 0.3) is 0 Å². The van der Waals surface area contributed by atoms with Gasteiger partial charge in [0.15, 0.2) is 5.78 Å². The molecule has 0 saturated heterocycles. The standard InChI is InChI=1S/C16H21NO3/c1-5-8-17-14(10-15(18)20-4)16(19)13-7-6-11(2)9-12(13)3/h5-7,9,14,17H,1,8,10H2,2-4H3. The normalized spacial score (nSPS) is 11.8. The summed E-state index contributed by atoms with van der Waals surface area (Å²) in [4.78, 5) is 23.9. The van der Waals surface area contributed by atoms with E-state index in [4.69, 9.17) is 0 Å². The van der Waals surface area contributed by atoms with Crippen LogP contribution < -0.4 is 5.32 Å². The van der Waals surface area contributed by atoms with Crippen LogP contribution in [0.3, 0.4) is 0 Å². The van der Waals surface area contributed by atoms with Crippen LogP contribution >= 0.6 is 0 Å². The summed E-state index contributed by atoms with van der Waals surface area (Å²) in [5, 5.41) is 3.01. The molecule has 0 aliphatic rings. The van der Waals surface area contributed by atoms with E-state index in [9.17, 15) is 9.59 Å². The molecule has 1 atom stereocenters. The van der Waals surface area contributed by atoms with Crippen LogP contribution in [0.5, 0.6) is 0 Å². The molecular formula is C16H21NO3. The maximum atomic E-state index is 12.5. The summed E-state index contributed by atoms with van der Waals surface area (Å²) in [6.07, 6.45) is 1.66. The van der Waals surface area contributed by atoms with Crippen molar-refractivity contribution < 1.29 is 14.3 Å². The second kappa shape index (κ2) is 7.60. The number of carbonyl (C=O) groups is 2. The zero-order valence-electron chi connectivity index (χ0n) is 12.2. The molecule has 20 heavy (non-hydrogen) atoms. The van der Waals surface area contributed by atoms with E-state index in [1.54, 1.807) is 12.1 Å². The molecule has 0 aromatic heterocycles. The van der Waals surface area contributed by atoms with Crippen LogP contribution in [0, 0.1) is 13.8 Å². The third-order valence-electron chi connectivity index (χ3n) is 3.07. The molecule has 1 rings (SSSR count). The van der Waals surface area contributed by atoms with E-state index in [1.807, 2.05) is 26.0 Å². The van der Waals surface area contributed by atoms with Gasteiger partial charge in [-0.2, -0.15) is 0 Å². The van der Waals surface area contributed by atoms with Gasteiger partial charge in [0.2, 0.25) is 0 Å². The number of aryl methyl sites for hydroxylation is 2. The topological polar surface area (TPSA) is 55.4 Å². The number of benzene rings is 1. The number of ether oxygens (including phenoxy) is 1. The molecule has 0 spiro atoms. The lowest BCUT2D eigenvalue weighted by Gasteiger charge is -2.17. The molecule has 0 aliphatic heterocycles. The SMILES string of the molecule is C=CCNC(CC(=O)OC)C(=O)c1ccc(C)cc1C. The number of esters is 1. The molecule has 1 aromatic carbocycles. The van der Waals surface area contributed by atoms with Gasteiger partial charge in [0.05, 0.1) is 19.6 Å². The molecule has 108 valence electrons. The molecule has 0 saturated carbocycles. The van der Waals surface area contributed by atoms with Crippen LogP contribution in [0.1, 0.15) is 27.9 Å². The van der Waals surface area contributed by atoms with Crippen molar-refractivity contribution in [2.45, 2.75) is 26.3 Å². The fourth-order valence-corrected chi connectivity index (χ4v) is 2.01. The third-order valence-corrected chi connectivity index (χ3v) is 3.07. The van der Waals surface area contributed by atoms with Crippen molar-refractivity contribution in [2.24, 2.45) is 0 Å². The Kier molecular flexibility index (Phi) is 6.12. The Bertz CT molecular complexity index is 508. The second-order valence-corrected chi connectivity index (χ2v) is 4.71. The first-order chi connectivity index (χ1) is 9.49. The number of carbonyl (C=O) groups excluding carboxylic acids is 2. The van der Waals surface area contributed by atoms with Gasteiger partial charge in [-0.05, 0) is 19.4 Å². The van der Waals surface area contributed by atoms with Crippen molar-refractivity contribution >= 4 is 11.8 Å². The van der Waals surface area contributed by atoms with Gasteiger partial charge in [-0.15, -0.1) is 6.58 Å². The van der Waals surface area contributed by atoms with Gasteiger partial charge in [0.1, 0.15) is 0 Å². The molecule has 0 radical (unpaired) electrons. The lowest BCUT2D eigenvalue weighted by Crippen LogP contribution is -2.39. The van der Waals surface area contributed by atoms with Gasteiger partial charge < -0.3 is 10.1 Å². The Morgan fingerprint density at radius 2 is 2.10 bits per heavy atom. The summed E-state index contributed by atoms with van der Waals surface area (Å²) in [5.74, 6) is -0.514. The molecule has 1 aromatic rings. The smallest absolute Gasteiger partial charge is 0.307 e. The van der Waals surface area contributed by atoms with E-state index < -0.39 is 12.0 Å². The molecule has 1 unspecified atom stereocenters. The van der Waals surface area contributed by atoms with E-state index >= 15 is 0 Å². The lowest BCUT2D eigenvalue weighted by molar-refractivity contribution is -0.140. The van der Waals surface area contributed by atoms with E-state index in [2.05, 4.69) is 16.6 Å². The largest absolute Gasteiger partial charge is 0.469 e. The summed E-state index contributed by atoms with van der Waals surface area (Å²) in [6.45, 7) is 7.93. The molecule has 0 amide bonds. The van der Waals surface area contributed by atoms with E-state index in [0.29, 0.717) is 12.1 Å². The number of hydrogen-bond acceptors (Lipinski definition) is 4. The van der Waals surface area contributed by atoms with Crippen LogP contribution in [0.4, 0.5) is 0 Å². The predicted molar refractivity (Wildman–Crippen MR) is 78.9 cm³/mol. The molecular weight excluding hydrogens is 254 g/mol. The second-order valence-electron chi connectivity index (χ2n) is 4.71. The molecule has 1 N–H and O–H groups in total. The Labute approximate surface area is 119 Å². The fourth-order valence-electron chi connectivity index (χ4n) is 2.01. The summed E-state index contributed by atoms with van der Waals surface area (Å²) in [6, 6.07) is 5.05. The van der Waals surface area contributed by atoms with Gasteiger partial charge in [-0.25, -0.2) is 0 Å². The van der Waals surface area contributed by atoms with Gasteiger partial charge in [-0.3, -0.25) is 9.59 Å². The van der Waals surface area contributed by atoms with Gasteiger partial charge >= 0.3 is 5.97 Å². The number of methoxy groups -OCH3 is 1. The molecule has 0 fully saturated rings. The number of nitrogens with one attached hydrogen (secondary N) is 1. The third kappa shape index (κ3) is 4.31. The van der Waals surface area contributed by atoms with Gasteiger partial charge in [-0.1, -0.05) is 29.8 Å². The van der Waals surface area contributed by atoms with Crippen molar-refractivity contribution in [1.82, 2.24) is 5.32 Å². The summed E-state index contributed by atoms with van der Waals surface area (Å²) >= 11 is 0. The maximum Gasteiger partial charge on any atom is 0.307 e. The van der Waals surface area contributed by atoms with E-state index in [-0.39, 0.29) is 12.2 Å². The first kappa shape index (κ1) is 16.1. The maximum absolute atomic E-state index is 12.5. The highest BCUT2D eigenvalue weighted by Gasteiger charge is 2.23. The summed E-state index contributed by atoms with van der Waals surface area (Å²) in [7, 11) is 1.31. The monoisotopic (exact) mass is 275 g/mol. The van der Waals surface area contributed by atoms with Crippen LogP contribution in [-0.4, -0.2) is 31.4 Å². The number of ketones is 1. The molecule has 4 heteroatoms. The quantitative estimate of drug-likeness (QED) is 0.471. The first-order valence-corrected chi connectivity index (χ1v) is 6.52. The Morgan fingerprint density at radius 1 is 1.40 bits per heavy atom. The first-order valence-electron chi connectivity index (χ1n) is 6.52. The average molecular weight is 275 g/mol. The van der Waals surface area contributed by atoms with E-state index in [1.165, 1.54) is 7.11 Å². The highest BCUT2D eigenvalue weighted by atomic mass is 16.5. The average Bonchev–Trinajstić information content (AvgIpc) is 2.42. The summed E-state index contributed by atoms with van der Waals surface area (Å²) in [5.41, 5.74) is 2.63. The van der Waals surface area contributed by atoms with E-state index in [0.717, 1.165) is 11.1 Å². The zero-order valence-corrected chi connectivity index (χ0v) is 12.2. The Hall–Kier alpha value is -1.94.